The smallest absolute Gasteiger partial charge is 0.0462 e. The first-order chi connectivity index (χ1) is 27.7. The standard InChI is InChI=1S/C54H43NS/c1-4-11-38(12-5-1)41-19-27-48(28-20-41)55(49-29-21-42(22-30-49)39-13-6-2-7-14-39)50-31-23-43(24-32-50)44-17-10-18-45(35-44)47-26-34-54-52(37-47)51-36-46(25-33-53(51)56-54)40-15-8-3-9-16-40/h1-2,4-7,10-13,15,17-37,39H,3,8-9,14,16H2. The topological polar surface area (TPSA) is 3.24 Å². The number of rotatable bonds is 8. The number of anilines is 3. The van der Waals surface area contributed by atoms with Crippen molar-refractivity contribution in [3.05, 3.63) is 205 Å². The third kappa shape index (κ3) is 6.82. The average molecular weight is 738 g/mol. The van der Waals surface area contributed by atoms with Crippen LogP contribution >= 0.6 is 11.3 Å². The molecule has 0 N–H and O–H groups in total. The van der Waals surface area contributed by atoms with Crippen LogP contribution in [-0.2, 0) is 0 Å². The summed E-state index contributed by atoms with van der Waals surface area (Å²) < 4.78 is 2.71. The first-order valence-electron chi connectivity index (χ1n) is 20.0. The number of fused-ring (bicyclic) bond motifs is 3. The van der Waals surface area contributed by atoms with Crippen LogP contribution in [0.15, 0.2) is 194 Å². The second-order valence-electron chi connectivity index (χ2n) is 15.1. The Labute approximate surface area is 334 Å². The van der Waals surface area contributed by atoms with Crippen LogP contribution in [0.1, 0.15) is 49.1 Å². The summed E-state index contributed by atoms with van der Waals surface area (Å²) in [5, 5.41) is 2.73. The first-order valence-corrected chi connectivity index (χ1v) is 20.8. The highest BCUT2D eigenvalue weighted by Crippen LogP contribution is 2.41. The van der Waals surface area contributed by atoms with Gasteiger partial charge in [-0.15, -0.1) is 11.3 Å². The minimum atomic E-state index is 0.422. The summed E-state index contributed by atoms with van der Waals surface area (Å²) in [6, 6.07) is 60.8. The fourth-order valence-electron chi connectivity index (χ4n) is 8.52. The molecule has 270 valence electrons. The lowest BCUT2D eigenvalue weighted by Crippen LogP contribution is -2.10. The molecule has 1 nitrogen and oxygen atoms in total. The van der Waals surface area contributed by atoms with Gasteiger partial charge in [-0.25, -0.2) is 0 Å². The van der Waals surface area contributed by atoms with Gasteiger partial charge in [0.1, 0.15) is 0 Å². The van der Waals surface area contributed by atoms with E-state index >= 15 is 0 Å². The predicted molar refractivity (Wildman–Crippen MR) is 242 cm³/mol. The Kier molecular flexibility index (Phi) is 9.27. The summed E-state index contributed by atoms with van der Waals surface area (Å²) in [4.78, 5) is 2.37. The van der Waals surface area contributed by atoms with Gasteiger partial charge in [-0.1, -0.05) is 127 Å². The van der Waals surface area contributed by atoms with Gasteiger partial charge in [-0.05, 0) is 149 Å². The molecule has 0 spiro atoms. The lowest BCUT2D eigenvalue weighted by atomic mass is 9.92. The number of allylic oxidation sites excluding steroid dienone is 6. The van der Waals surface area contributed by atoms with E-state index in [1.807, 2.05) is 11.3 Å². The van der Waals surface area contributed by atoms with Gasteiger partial charge in [0.15, 0.2) is 0 Å². The Morgan fingerprint density at radius 1 is 0.464 bits per heavy atom. The minimum Gasteiger partial charge on any atom is -0.311 e. The number of nitrogens with zero attached hydrogens (tertiary/aromatic N) is 1. The van der Waals surface area contributed by atoms with E-state index in [2.05, 4.69) is 199 Å². The maximum atomic E-state index is 2.45. The van der Waals surface area contributed by atoms with Gasteiger partial charge in [-0.3, -0.25) is 0 Å². The zero-order valence-corrected chi connectivity index (χ0v) is 32.3. The third-order valence-electron chi connectivity index (χ3n) is 11.6. The van der Waals surface area contributed by atoms with Gasteiger partial charge in [0, 0.05) is 43.2 Å². The highest BCUT2D eigenvalue weighted by atomic mass is 32.1. The van der Waals surface area contributed by atoms with E-state index in [1.54, 1.807) is 0 Å². The number of hydrogen-bond acceptors (Lipinski definition) is 2. The van der Waals surface area contributed by atoms with Gasteiger partial charge in [0.05, 0.1) is 0 Å². The number of hydrogen-bond donors (Lipinski definition) is 0. The van der Waals surface area contributed by atoms with E-state index in [1.165, 1.54) is 95.9 Å². The zero-order valence-electron chi connectivity index (χ0n) is 31.4. The fourth-order valence-corrected chi connectivity index (χ4v) is 9.58. The molecule has 0 bridgehead atoms. The van der Waals surface area contributed by atoms with Crippen molar-refractivity contribution in [2.24, 2.45) is 0 Å². The van der Waals surface area contributed by atoms with Crippen molar-refractivity contribution in [3.8, 4) is 33.4 Å². The summed E-state index contributed by atoms with van der Waals surface area (Å²) in [6.45, 7) is 0. The summed E-state index contributed by atoms with van der Waals surface area (Å²) >= 11 is 1.90. The van der Waals surface area contributed by atoms with E-state index < -0.39 is 0 Å². The lowest BCUT2D eigenvalue weighted by molar-refractivity contribution is 0.742. The molecule has 0 saturated carbocycles. The highest BCUT2D eigenvalue weighted by Gasteiger charge is 2.16. The molecule has 0 amide bonds. The zero-order chi connectivity index (χ0) is 37.3. The highest BCUT2D eigenvalue weighted by molar-refractivity contribution is 7.25. The molecule has 10 rings (SSSR count). The van der Waals surface area contributed by atoms with Crippen molar-refractivity contribution in [2.75, 3.05) is 4.90 Å². The normalized spacial score (nSPS) is 15.3. The molecule has 2 aliphatic carbocycles. The van der Waals surface area contributed by atoms with Gasteiger partial charge in [0.25, 0.3) is 0 Å². The summed E-state index contributed by atoms with van der Waals surface area (Å²) in [6.07, 6.45) is 17.4. The Balaban J connectivity index is 0.966. The molecule has 2 heteroatoms. The monoisotopic (exact) mass is 737 g/mol. The molecule has 7 aromatic carbocycles. The minimum absolute atomic E-state index is 0.422. The van der Waals surface area contributed by atoms with Crippen molar-refractivity contribution in [1.82, 2.24) is 0 Å². The average Bonchev–Trinajstić information content (AvgIpc) is 3.65. The van der Waals surface area contributed by atoms with E-state index in [0.29, 0.717) is 5.92 Å². The largest absolute Gasteiger partial charge is 0.311 e. The Morgan fingerprint density at radius 2 is 1.02 bits per heavy atom. The quantitative estimate of drug-likeness (QED) is 0.150. The van der Waals surface area contributed by atoms with Crippen molar-refractivity contribution in [2.45, 2.75) is 38.0 Å². The van der Waals surface area contributed by atoms with Crippen LogP contribution in [-0.4, -0.2) is 0 Å². The van der Waals surface area contributed by atoms with Crippen molar-refractivity contribution in [1.29, 1.82) is 0 Å². The van der Waals surface area contributed by atoms with Crippen molar-refractivity contribution >= 4 is 54.1 Å². The molecule has 2 aliphatic rings. The van der Waals surface area contributed by atoms with E-state index in [0.717, 1.165) is 23.5 Å². The molecule has 56 heavy (non-hydrogen) atoms. The van der Waals surface area contributed by atoms with Crippen LogP contribution in [0, 0.1) is 0 Å². The molecular formula is C54H43NS. The Bertz CT molecular complexity index is 2750. The third-order valence-corrected chi connectivity index (χ3v) is 12.7. The lowest BCUT2D eigenvalue weighted by Gasteiger charge is -2.26. The van der Waals surface area contributed by atoms with Crippen LogP contribution in [0.3, 0.4) is 0 Å². The van der Waals surface area contributed by atoms with E-state index in [4.69, 9.17) is 0 Å². The number of thiophene rings is 1. The van der Waals surface area contributed by atoms with Crippen LogP contribution in [0.2, 0.25) is 0 Å². The SMILES string of the molecule is C1=CCC(c2ccc(N(c3ccc(-c4ccccc4)cc3)c3ccc(-c4cccc(-c5ccc6sc7ccc(C8=CCCCC8)cc7c6c5)c4)cc3)cc2)C=C1. The maximum Gasteiger partial charge on any atom is 0.0462 e. The molecule has 1 heterocycles. The molecule has 0 radical (unpaired) electrons. The molecule has 8 aromatic rings. The summed E-state index contributed by atoms with van der Waals surface area (Å²) in [5.41, 5.74) is 15.0. The molecule has 1 unspecified atom stereocenters. The van der Waals surface area contributed by atoms with Crippen molar-refractivity contribution in [3.63, 3.8) is 0 Å². The summed E-state index contributed by atoms with van der Waals surface area (Å²) in [5.74, 6) is 0.422. The van der Waals surface area contributed by atoms with Crippen molar-refractivity contribution < 1.29 is 0 Å². The predicted octanol–water partition coefficient (Wildman–Crippen LogP) is 16.1. The molecule has 0 saturated heterocycles. The van der Waals surface area contributed by atoms with Crippen LogP contribution in [0.25, 0.3) is 59.1 Å². The van der Waals surface area contributed by atoms with Gasteiger partial charge < -0.3 is 4.90 Å². The maximum absolute atomic E-state index is 2.45. The number of benzene rings is 7. The molecule has 0 fully saturated rings. The second kappa shape index (κ2) is 15.1. The van der Waals surface area contributed by atoms with Gasteiger partial charge in [0.2, 0.25) is 0 Å². The second-order valence-corrected chi connectivity index (χ2v) is 16.2. The molecular weight excluding hydrogens is 695 g/mol. The van der Waals surface area contributed by atoms with Crippen LogP contribution in [0.4, 0.5) is 17.1 Å². The van der Waals surface area contributed by atoms with Crippen LogP contribution in [0.5, 0.6) is 0 Å². The van der Waals surface area contributed by atoms with E-state index in [-0.39, 0.29) is 0 Å². The van der Waals surface area contributed by atoms with Crippen LogP contribution < -0.4 is 4.90 Å². The fraction of sp³-hybridized carbons (Fsp3) is 0.111. The first kappa shape index (κ1) is 34.3. The molecule has 0 aliphatic heterocycles. The Morgan fingerprint density at radius 3 is 1.66 bits per heavy atom. The van der Waals surface area contributed by atoms with E-state index in [9.17, 15) is 0 Å². The molecule has 1 atom stereocenters. The summed E-state index contributed by atoms with van der Waals surface area (Å²) in [7, 11) is 0. The van der Waals surface area contributed by atoms with Gasteiger partial charge >= 0.3 is 0 Å². The Hall–Kier alpha value is -6.22. The molecule has 1 aromatic heterocycles. The van der Waals surface area contributed by atoms with Gasteiger partial charge in [-0.2, -0.15) is 0 Å².